The first-order valence-electron chi connectivity index (χ1n) is 6.17. The molecule has 0 amide bonds. The zero-order chi connectivity index (χ0) is 14.1. The molecule has 7 heteroatoms. The van der Waals surface area contributed by atoms with Crippen molar-refractivity contribution in [3.63, 3.8) is 0 Å². The number of furan rings is 1. The van der Waals surface area contributed by atoms with Gasteiger partial charge in [0.2, 0.25) is 5.09 Å². The summed E-state index contributed by atoms with van der Waals surface area (Å²) in [7, 11) is -0.537. The van der Waals surface area contributed by atoms with Crippen molar-refractivity contribution in [2.24, 2.45) is 0 Å². The molecule has 2 heterocycles. The third-order valence-corrected chi connectivity index (χ3v) is 4.97. The fraction of sp³-hybridized carbons (Fsp3) is 0.667. The number of nitrogens with zero attached hydrogens (tertiary/aromatic N) is 1. The van der Waals surface area contributed by atoms with E-state index in [1.807, 2.05) is 0 Å². The Bertz CT molecular complexity index is 530. The molecule has 108 valence electrons. The lowest BCUT2D eigenvalue weighted by atomic mass is 10.0. The van der Waals surface area contributed by atoms with Crippen molar-refractivity contribution in [3.8, 4) is 0 Å². The van der Waals surface area contributed by atoms with Crippen LogP contribution in [0.3, 0.4) is 0 Å². The Balaban J connectivity index is 2.02. The Morgan fingerprint density at radius 2 is 2.16 bits per heavy atom. The first-order valence-corrected chi connectivity index (χ1v) is 7.62. The van der Waals surface area contributed by atoms with Gasteiger partial charge in [-0.05, 0) is 25.5 Å². The van der Waals surface area contributed by atoms with Crippen LogP contribution in [0.4, 0.5) is 0 Å². The zero-order valence-electron chi connectivity index (χ0n) is 11.5. The van der Waals surface area contributed by atoms with Crippen molar-refractivity contribution >= 4 is 10.0 Å². The van der Waals surface area contributed by atoms with Gasteiger partial charge in [-0.1, -0.05) is 0 Å². The molecule has 0 aromatic carbocycles. The highest BCUT2D eigenvalue weighted by atomic mass is 32.2. The second-order valence-electron chi connectivity index (χ2n) is 5.22. The van der Waals surface area contributed by atoms with E-state index in [-0.39, 0.29) is 10.6 Å². The number of nitrogens with one attached hydrogen (secondary N) is 1. The Labute approximate surface area is 113 Å². The third kappa shape index (κ3) is 3.17. The van der Waals surface area contributed by atoms with Gasteiger partial charge in [0.15, 0.2) is 0 Å². The average molecular weight is 288 g/mol. The summed E-state index contributed by atoms with van der Waals surface area (Å²) in [5, 5.41) is 3.32. The maximum atomic E-state index is 11.9. The molecule has 6 nitrogen and oxygen atoms in total. The second kappa shape index (κ2) is 5.24. The van der Waals surface area contributed by atoms with Gasteiger partial charge in [0.05, 0.1) is 13.2 Å². The molecule has 0 spiro atoms. The summed E-state index contributed by atoms with van der Waals surface area (Å²) in [6.07, 6.45) is 0.941. The quantitative estimate of drug-likeness (QED) is 0.867. The van der Waals surface area contributed by atoms with Crippen LogP contribution in [0.25, 0.3) is 0 Å². The Hall–Kier alpha value is -0.890. The van der Waals surface area contributed by atoms with E-state index < -0.39 is 10.0 Å². The van der Waals surface area contributed by atoms with Crippen molar-refractivity contribution in [2.45, 2.75) is 30.5 Å². The van der Waals surface area contributed by atoms with E-state index in [9.17, 15) is 8.42 Å². The van der Waals surface area contributed by atoms with Crippen LogP contribution in [0, 0.1) is 0 Å². The van der Waals surface area contributed by atoms with E-state index in [0.29, 0.717) is 18.9 Å². The highest BCUT2D eigenvalue weighted by Crippen LogP contribution is 2.20. The van der Waals surface area contributed by atoms with Crippen molar-refractivity contribution in [1.82, 2.24) is 9.62 Å². The van der Waals surface area contributed by atoms with Gasteiger partial charge < -0.3 is 14.5 Å². The van der Waals surface area contributed by atoms with Crippen LogP contribution in [0.1, 0.15) is 19.1 Å². The molecule has 1 N–H and O–H groups in total. The fourth-order valence-electron chi connectivity index (χ4n) is 1.88. The van der Waals surface area contributed by atoms with Gasteiger partial charge in [-0.3, -0.25) is 0 Å². The monoisotopic (exact) mass is 288 g/mol. The van der Waals surface area contributed by atoms with Gasteiger partial charge in [0.25, 0.3) is 10.0 Å². The maximum absolute atomic E-state index is 11.9. The Kier molecular flexibility index (Phi) is 4.00. The van der Waals surface area contributed by atoms with E-state index in [1.165, 1.54) is 20.2 Å². The largest absolute Gasteiger partial charge is 0.447 e. The summed E-state index contributed by atoms with van der Waals surface area (Å²) < 4.78 is 35.6. The molecule has 1 aromatic heterocycles. The van der Waals surface area contributed by atoms with Crippen molar-refractivity contribution in [3.05, 3.63) is 17.9 Å². The smallest absolute Gasteiger partial charge is 0.275 e. The van der Waals surface area contributed by atoms with Crippen molar-refractivity contribution < 1.29 is 17.6 Å². The number of rotatable bonds is 5. The van der Waals surface area contributed by atoms with Crippen LogP contribution in [0.15, 0.2) is 21.6 Å². The Morgan fingerprint density at radius 3 is 2.74 bits per heavy atom. The molecule has 1 fully saturated rings. The normalized spacial score (nSPS) is 24.2. The summed E-state index contributed by atoms with van der Waals surface area (Å²) in [4.78, 5) is 0. The van der Waals surface area contributed by atoms with E-state index in [2.05, 4.69) is 12.2 Å². The number of hydrogen-bond acceptors (Lipinski definition) is 5. The van der Waals surface area contributed by atoms with E-state index in [1.54, 1.807) is 6.07 Å². The molecule has 1 unspecified atom stereocenters. The minimum absolute atomic E-state index is 0.0258. The van der Waals surface area contributed by atoms with Gasteiger partial charge in [-0.2, -0.15) is 0 Å². The standard InChI is InChI=1S/C12H20N2O4S/c1-12(6-7-17-9-12)13-8-10-4-5-11(18-10)19(15,16)14(2)3/h4-5,13H,6-9H2,1-3H3. The third-order valence-electron chi connectivity index (χ3n) is 3.28. The van der Waals surface area contributed by atoms with Crippen LogP contribution >= 0.6 is 0 Å². The van der Waals surface area contributed by atoms with Gasteiger partial charge in [-0.25, -0.2) is 12.7 Å². The second-order valence-corrected chi connectivity index (χ2v) is 7.31. The van der Waals surface area contributed by atoms with Crippen LogP contribution in [-0.2, 0) is 21.3 Å². The van der Waals surface area contributed by atoms with E-state index in [0.717, 1.165) is 17.3 Å². The number of ether oxygens (including phenoxy) is 1. The molecule has 19 heavy (non-hydrogen) atoms. The van der Waals surface area contributed by atoms with Crippen LogP contribution in [0.2, 0.25) is 0 Å². The topological polar surface area (TPSA) is 71.8 Å². The predicted molar refractivity (Wildman–Crippen MR) is 70.3 cm³/mol. The summed E-state index contributed by atoms with van der Waals surface area (Å²) in [6, 6.07) is 3.17. The molecule has 1 aliphatic heterocycles. The average Bonchev–Trinajstić information content (AvgIpc) is 2.96. The molecule has 1 saturated heterocycles. The lowest BCUT2D eigenvalue weighted by molar-refractivity contribution is 0.170. The molecule has 1 aromatic rings. The first-order chi connectivity index (χ1) is 8.83. The highest BCUT2D eigenvalue weighted by molar-refractivity contribution is 7.88. The fourth-order valence-corrected chi connectivity index (χ4v) is 2.69. The summed E-state index contributed by atoms with van der Waals surface area (Å²) >= 11 is 0. The molecule has 1 aliphatic rings. The molecule has 1 atom stereocenters. The lowest BCUT2D eigenvalue weighted by Crippen LogP contribution is -2.42. The SMILES string of the molecule is CN(C)S(=O)(=O)c1ccc(CNC2(C)CCOC2)o1. The van der Waals surface area contributed by atoms with Crippen molar-refractivity contribution in [2.75, 3.05) is 27.3 Å². The highest BCUT2D eigenvalue weighted by Gasteiger charge is 2.29. The molecule has 0 bridgehead atoms. The molecular weight excluding hydrogens is 268 g/mol. The van der Waals surface area contributed by atoms with E-state index in [4.69, 9.17) is 9.15 Å². The predicted octanol–water partition coefficient (Wildman–Crippen LogP) is 0.799. The summed E-state index contributed by atoms with van der Waals surface area (Å²) in [6.45, 7) is 3.99. The molecule has 2 rings (SSSR count). The van der Waals surface area contributed by atoms with Crippen molar-refractivity contribution in [1.29, 1.82) is 0 Å². The van der Waals surface area contributed by atoms with Gasteiger partial charge in [0, 0.05) is 26.2 Å². The molecule has 0 aliphatic carbocycles. The number of sulfonamides is 1. The van der Waals surface area contributed by atoms with Crippen LogP contribution in [-0.4, -0.2) is 45.6 Å². The van der Waals surface area contributed by atoms with Gasteiger partial charge in [-0.15, -0.1) is 0 Å². The van der Waals surface area contributed by atoms with Crippen LogP contribution in [0.5, 0.6) is 0 Å². The zero-order valence-corrected chi connectivity index (χ0v) is 12.3. The lowest BCUT2D eigenvalue weighted by Gasteiger charge is -2.22. The molecule has 0 radical (unpaired) electrons. The summed E-state index contributed by atoms with van der Waals surface area (Å²) in [5.74, 6) is 0.605. The minimum Gasteiger partial charge on any atom is -0.447 e. The Morgan fingerprint density at radius 1 is 1.42 bits per heavy atom. The van der Waals surface area contributed by atoms with Crippen LogP contribution < -0.4 is 5.32 Å². The van der Waals surface area contributed by atoms with Gasteiger partial charge in [0.1, 0.15) is 5.76 Å². The first kappa shape index (κ1) is 14.5. The molecule has 0 saturated carbocycles. The number of hydrogen-bond donors (Lipinski definition) is 1. The minimum atomic E-state index is -3.49. The molecular formula is C12H20N2O4S. The maximum Gasteiger partial charge on any atom is 0.275 e. The van der Waals surface area contributed by atoms with Gasteiger partial charge >= 0.3 is 0 Å². The van der Waals surface area contributed by atoms with E-state index >= 15 is 0 Å². The summed E-state index contributed by atoms with van der Waals surface area (Å²) in [5.41, 5.74) is -0.0621.